The Balaban J connectivity index is 1.30. The molecule has 0 saturated carbocycles. The number of pyridine rings is 1. The van der Waals surface area contributed by atoms with Gasteiger partial charge >= 0.3 is 0 Å². The number of amides is 1. The van der Waals surface area contributed by atoms with E-state index in [9.17, 15) is 4.79 Å². The van der Waals surface area contributed by atoms with Gasteiger partial charge in [-0.25, -0.2) is 4.98 Å². The molecule has 4 heterocycles. The Morgan fingerprint density at radius 2 is 1.93 bits per heavy atom. The number of carbonyl (C=O) groups is 1. The Morgan fingerprint density at radius 3 is 2.60 bits per heavy atom. The van der Waals surface area contributed by atoms with E-state index in [-0.39, 0.29) is 5.91 Å². The van der Waals surface area contributed by atoms with E-state index in [4.69, 9.17) is 0 Å². The van der Waals surface area contributed by atoms with Crippen molar-refractivity contribution in [1.29, 1.82) is 0 Å². The van der Waals surface area contributed by atoms with Crippen molar-refractivity contribution in [3.8, 4) is 11.4 Å². The van der Waals surface area contributed by atoms with Gasteiger partial charge in [-0.1, -0.05) is 0 Å². The highest BCUT2D eigenvalue weighted by Crippen LogP contribution is 2.24. The van der Waals surface area contributed by atoms with Crippen LogP contribution >= 0.6 is 0 Å². The van der Waals surface area contributed by atoms with Gasteiger partial charge in [0.15, 0.2) is 0 Å². The minimum atomic E-state index is 0.170. The minimum absolute atomic E-state index is 0.170. The Bertz CT molecular complexity index is 998. The zero-order chi connectivity index (χ0) is 21.1. The molecule has 0 aliphatic carbocycles. The van der Waals surface area contributed by atoms with Crippen LogP contribution in [0.5, 0.6) is 0 Å². The van der Waals surface area contributed by atoms with Crippen LogP contribution < -0.4 is 0 Å². The number of rotatable bonds is 6. The number of aromatic nitrogens is 5. The van der Waals surface area contributed by atoms with E-state index in [1.54, 1.807) is 6.20 Å². The van der Waals surface area contributed by atoms with Gasteiger partial charge in [0.25, 0.3) is 0 Å². The molecule has 1 fully saturated rings. The highest BCUT2D eigenvalue weighted by Gasteiger charge is 2.24. The SMILES string of the molecule is Cc1cc(C)n(CC(=O)N2CCC(CCn3c(C)cnc3-c3cccnc3)CC2)n1. The number of piperidine rings is 1. The molecule has 0 atom stereocenters. The number of aryl methyl sites for hydroxylation is 3. The fraction of sp³-hybridized carbons (Fsp3) is 0.478. The number of nitrogens with zero attached hydrogens (tertiary/aromatic N) is 6. The fourth-order valence-electron chi connectivity index (χ4n) is 4.31. The van der Waals surface area contributed by atoms with Crippen LogP contribution in [0.4, 0.5) is 0 Å². The zero-order valence-electron chi connectivity index (χ0n) is 18.1. The highest BCUT2D eigenvalue weighted by molar-refractivity contribution is 5.76. The van der Waals surface area contributed by atoms with E-state index >= 15 is 0 Å². The van der Waals surface area contributed by atoms with Crippen molar-refractivity contribution >= 4 is 5.91 Å². The third-order valence-corrected chi connectivity index (χ3v) is 6.09. The fourth-order valence-corrected chi connectivity index (χ4v) is 4.31. The lowest BCUT2D eigenvalue weighted by Crippen LogP contribution is -2.40. The van der Waals surface area contributed by atoms with Gasteiger partial charge in [-0.05, 0) is 64.2 Å². The maximum atomic E-state index is 12.7. The second kappa shape index (κ2) is 8.81. The molecule has 7 nitrogen and oxygen atoms in total. The lowest BCUT2D eigenvalue weighted by Gasteiger charge is -2.32. The van der Waals surface area contributed by atoms with Gasteiger partial charge in [0, 0.05) is 55.2 Å². The predicted octanol–water partition coefficient (Wildman–Crippen LogP) is 3.40. The smallest absolute Gasteiger partial charge is 0.244 e. The molecule has 7 heteroatoms. The van der Waals surface area contributed by atoms with Gasteiger partial charge in [0.1, 0.15) is 12.4 Å². The maximum absolute atomic E-state index is 12.7. The number of hydrogen-bond donors (Lipinski definition) is 0. The number of imidazole rings is 1. The molecule has 0 radical (unpaired) electrons. The average molecular weight is 407 g/mol. The summed E-state index contributed by atoms with van der Waals surface area (Å²) in [7, 11) is 0. The molecule has 1 saturated heterocycles. The normalized spacial score (nSPS) is 15.0. The molecule has 4 rings (SSSR count). The molecule has 1 aliphatic rings. The average Bonchev–Trinajstić information content (AvgIpc) is 3.28. The Kier molecular flexibility index (Phi) is 5.97. The molecule has 3 aromatic rings. The van der Waals surface area contributed by atoms with Crippen molar-refractivity contribution in [2.45, 2.75) is 53.1 Å². The quantitative estimate of drug-likeness (QED) is 0.629. The van der Waals surface area contributed by atoms with Gasteiger partial charge in [-0.2, -0.15) is 5.10 Å². The van der Waals surface area contributed by atoms with Crippen molar-refractivity contribution in [2.75, 3.05) is 13.1 Å². The molecular formula is C23H30N6O. The molecule has 1 amide bonds. The summed E-state index contributed by atoms with van der Waals surface area (Å²) in [6, 6.07) is 6.01. The van der Waals surface area contributed by atoms with Crippen molar-refractivity contribution in [3.05, 3.63) is 53.9 Å². The van der Waals surface area contributed by atoms with Crippen LogP contribution in [0, 0.1) is 26.7 Å². The standard InChI is InChI=1S/C23H30N6O/c1-17-13-18(2)29(26-17)16-22(30)27-10-6-20(7-11-27)8-12-28-19(3)14-25-23(28)21-5-4-9-24-15-21/h4-5,9,13-15,20H,6-8,10-12,16H2,1-3H3. The first-order chi connectivity index (χ1) is 14.5. The molecule has 0 N–H and O–H groups in total. The first-order valence-electron chi connectivity index (χ1n) is 10.7. The van der Waals surface area contributed by atoms with Crippen molar-refractivity contribution in [2.24, 2.45) is 5.92 Å². The van der Waals surface area contributed by atoms with Crippen LogP contribution in [-0.2, 0) is 17.9 Å². The van der Waals surface area contributed by atoms with Crippen molar-refractivity contribution in [3.63, 3.8) is 0 Å². The first kappa shape index (κ1) is 20.3. The van der Waals surface area contributed by atoms with Gasteiger partial charge in [0.2, 0.25) is 5.91 Å². The van der Waals surface area contributed by atoms with Crippen molar-refractivity contribution < 1.29 is 4.79 Å². The highest BCUT2D eigenvalue weighted by atomic mass is 16.2. The summed E-state index contributed by atoms with van der Waals surface area (Å²) in [6.45, 7) is 9.02. The van der Waals surface area contributed by atoms with Gasteiger partial charge < -0.3 is 9.47 Å². The van der Waals surface area contributed by atoms with Crippen LogP contribution in [0.2, 0.25) is 0 Å². The molecule has 158 valence electrons. The summed E-state index contributed by atoms with van der Waals surface area (Å²) < 4.78 is 4.10. The molecule has 0 spiro atoms. The van der Waals surface area contributed by atoms with E-state index in [1.165, 1.54) is 5.69 Å². The Labute approximate surface area is 177 Å². The van der Waals surface area contributed by atoms with Crippen LogP contribution in [0.1, 0.15) is 36.3 Å². The summed E-state index contributed by atoms with van der Waals surface area (Å²) in [5, 5.41) is 4.42. The molecule has 30 heavy (non-hydrogen) atoms. The minimum Gasteiger partial charge on any atom is -0.341 e. The zero-order valence-corrected chi connectivity index (χ0v) is 18.1. The summed E-state index contributed by atoms with van der Waals surface area (Å²) in [4.78, 5) is 23.5. The number of likely N-dealkylation sites (tertiary alicyclic amines) is 1. The Hall–Kier alpha value is -2.96. The maximum Gasteiger partial charge on any atom is 0.244 e. The van der Waals surface area contributed by atoms with Crippen LogP contribution in [-0.4, -0.2) is 48.2 Å². The van der Waals surface area contributed by atoms with E-state index < -0.39 is 0 Å². The molecule has 3 aromatic heterocycles. The molecule has 1 aliphatic heterocycles. The molecule has 0 bridgehead atoms. The van der Waals surface area contributed by atoms with Crippen LogP contribution in [0.25, 0.3) is 11.4 Å². The van der Waals surface area contributed by atoms with Crippen molar-refractivity contribution in [1.82, 2.24) is 29.2 Å². The van der Waals surface area contributed by atoms with E-state index in [0.29, 0.717) is 12.5 Å². The van der Waals surface area contributed by atoms with E-state index in [0.717, 1.165) is 61.7 Å². The predicted molar refractivity (Wildman–Crippen MR) is 116 cm³/mol. The third-order valence-electron chi connectivity index (χ3n) is 6.09. The molecule has 0 unspecified atom stereocenters. The van der Waals surface area contributed by atoms with Gasteiger partial charge in [-0.3, -0.25) is 14.5 Å². The number of carbonyl (C=O) groups excluding carboxylic acids is 1. The second-order valence-corrected chi connectivity index (χ2v) is 8.31. The molecular weight excluding hydrogens is 376 g/mol. The lowest BCUT2D eigenvalue weighted by molar-refractivity contribution is -0.133. The Morgan fingerprint density at radius 1 is 1.13 bits per heavy atom. The van der Waals surface area contributed by atoms with Gasteiger partial charge in [0.05, 0.1) is 5.69 Å². The lowest BCUT2D eigenvalue weighted by atomic mass is 9.93. The number of hydrogen-bond acceptors (Lipinski definition) is 4. The largest absolute Gasteiger partial charge is 0.341 e. The summed E-state index contributed by atoms with van der Waals surface area (Å²) in [6.07, 6.45) is 8.79. The first-order valence-corrected chi connectivity index (χ1v) is 10.7. The third kappa shape index (κ3) is 4.45. The second-order valence-electron chi connectivity index (χ2n) is 8.31. The summed E-state index contributed by atoms with van der Waals surface area (Å²) >= 11 is 0. The summed E-state index contributed by atoms with van der Waals surface area (Å²) in [5.74, 6) is 1.79. The summed E-state index contributed by atoms with van der Waals surface area (Å²) in [5.41, 5.74) is 4.22. The van der Waals surface area contributed by atoms with E-state index in [1.807, 2.05) is 48.0 Å². The van der Waals surface area contributed by atoms with Gasteiger partial charge in [-0.15, -0.1) is 0 Å². The van der Waals surface area contributed by atoms with E-state index in [2.05, 4.69) is 32.6 Å². The van der Waals surface area contributed by atoms with Crippen LogP contribution in [0.15, 0.2) is 36.8 Å². The van der Waals surface area contributed by atoms with Crippen LogP contribution in [0.3, 0.4) is 0 Å². The molecule has 0 aromatic carbocycles. The topological polar surface area (TPSA) is 68.8 Å². The monoisotopic (exact) mass is 406 g/mol.